The van der Waals surface area contributed by atoms with Crippen molar-refractivity contribution in [2.75, 3.05) is 13.2 Å². The Morgan fingerprint density at radius 3 is 1.26 bits per heavy atom. The van der Waals surface area contributed by atoms with Gasteiger partial charge in [-0.3, -0.25) is 29.8 Å². The Balaban J connectivity index is 0.000000208. The molecule has 2 N–H and O–H groups in total. The lowest BCUT2D eigenvalue weighted by Gasteiger charge is -2.21. The van der Waals surface area contributed by atoms with E-state index in [1.54, 1.807) is 12.2 Å². The quantitative estimate of drug-likeness (QED) is 0.187. The summed E-state index contributed by atoms with van der Waals surface area (Å²) in [4.78, 5) is 46.1. The topological polar surface area (TPSA) is 111 Å². The third-order valence-electron chi connectivity index (χ3n) is 8.68. The van der Waals surface area contributed by atoms with Gasteiger partial charge in [0.25, 0.3) is 22.3 Å². The molecule has 2 aliphatic heterocycles. The Kier molecular flexibility index (Phi) is 14.9. The first kappa shape index (κ1) is 36.8. The summed E-state index contributed by atoms with van der Waals surface area (Å²) in [5, 5.41) is 3.87. The maximum absolute atomic E-state index is 11.5. The summed E-state index contributed by atoms with van der Waals surface area (Å²) >= 11 is 1.87. The van der Waals surface area contributed by atoms with Gasteiger partial charge >= 0.3 is 0 Å². The minimum absolute atomic E-state index is 0. The molecule has 2 saturated heterocycles. The number of carbonyl (C=O) groups is 4. The number of nitrogens with one attached hydrogen (secondary N) is 2. The van der Waals surface area contributed by atoms with E-state index in [9.17, 15) is 19.2 Å². The zero-order chi connectivity index (χ0) is 32.1. The molecule has 4 amide bonds. The van der Waals surface area contributed by atoms with Crippen LogP contribution in [0.4, 0.5) is 9.59 Å². The van der Waals surface area contributed by atoms with E-state index < -0.39 is 0 Å². The molecule has 8 nitrogen and oxygen atoms in total. The Labute approximate surface area is 289 Å². The van der Waals surface area contributed by atoms with E-state index in [1.165, 1.54) is 64.2 Å². The number of thioether (sulfide) groups is 2. The summed E-state index contributed by atoms with van der Waals surface area (Å²) in [6.45, 7) is 1.52. The highest BCUT2D eigenvalue weighted by Crippen LogP contribution is 2.29. The van der Waals surface area contributed by atoms with Gasteiger partial charge in [-0.1, -0.05) is 88.5 Å². The van der Waals surface area contributed by atoms with Gasteiger partial charge in [0, 0.05) is 0 Å². The van der Waals surface area contributed by atoms with Crippen molar-refractivity contribution >= 4 is 67.9 Å². The van der Waals surface area contributed by atoms with Crippen molar-refractivity contribution in [2.24, 2.45) is 11.8 Å². The van der Waals surface area contributed by atoms with Gasteiger partial charge in [0.05, 0.1) is 23.0 Å². The van der Waals surface area contributed by atoms with E-state index in [4.69, 9.17) is 9.47 Å². The van der Waals surface area contributed by atoms with Crippen LogP contribution in [0.2, 0.25) is 0 Å². The largest absolute Gasteiger partial charge is 0.494 e. The lowest BCUT2D eigenvalue weighted by molar-refractivity contribution is -0.116. The fourth-order valence-corrected chi connectivity index (χ4v) is 7.47. The van der Waals surface area contributed by atoms with E-state index in [0.717, 1.165) is 84.0 Å². The average molecular weight is 697 g/mol. The summed E-state index contributed by atoms with van der Waals surface area (Å²) < 4.78 is 11.6. The smallest absolute Gasteiger partial charge is 0.290 e. The van der Waals surface area contributed by atoms with Crippen LogP contribution in [0.3, 0.4) is 0 Å². The molecule has 4 aliphatic rings. The van der Waals surface area contributed by atoms with Crippen LogP contribution in [-0.4, -0.2) is 35.5 Å². The molecular formula is C36H45N2O6PS2. The number of amides is 4. The third kappa shape index (κ3) is 12.2. The van der Waals surface area contributed by atoms with Crippen LogP contribution in [-0.2, 0) is 9.59 Å². The van der Waals surface area contributed by atoms with Gasteiger partial charge in [-0.2, -0.15) is 9.90 Å². The molecular weight excluding hydrogens is 652 g/mol. The molecule has 1 atom stereocenters. The van der Waals surface area contributed by atoms with Gasteiger partial charge in [-0.15, -0.1) is 0 Å². The number of hydrogen-bond donors (Lipinski definition) is 2. The standard InChI is InChI=1S/2C18H21NO3S.H3P/c2*20-17-16(23-18(21)19-17)12-14-6-8-15(9-7-14)22-11-10-13-4-2-1-3-5-13;/h2*6-9,12-13H,1-5,10-11H2,(H,19,20,21);1H3. The molecule has 252 valence electrons. The number of ether oxygens (including phenoxy) is 2. The molecule has 2 saturated carbocycles. The number of carbonyl (C=O) groups excluding carboxylic acids is 4. The second-order valence-corrected chi connectivity index (χ2v) is 14.2. The minimum atomic E-state index is -0.326. The third-order valence-corrected chi connectivity index (χ3v) is 10.3. The highest BCUT2D eigenvalue weighted by molar-refractivity contribution is 8.18. The van der Waals surface area contributed by atoms with E-state index in [1.807, 2.05) is 48.5 Å². The number of rotatable bonds is 10. The summed E-state index contributed by atoms with van der Waals surface area (Å²) in [5.41, 5.74) is 1.77. The Morgan fingerprint density at radius 2 is 0.936 bits per heavy atom. The molecule has 0 aromatic heterocycles. The van der Waals surface area contributed by atoms with Gasteiger partial charge in [-0.05, 0) is 95.7 Å². The zero-order valence-corrected chi connectivity index (χ0v) is 29.8. The first-order valence-corrected chi connectivity index (χ1v) is 18.0. The van der Waals surface area contributed by atoms with Gasteiger partial charge in [0.1, 0.15) is 11.5 Å². The van der Waals surface area contributed by atoms with Crippen molar-refractivity contribution in [3.8, 4) is 11.5 Å². The zero-order valence-electron chi connectivity index (χ0n) is 26.8. The van der Waals surface area contributed by atoms with E-state index in [-0.39, 0.29) is 32.2 Å². The van der Waals surface area contributed by atoms with Crippen LogP contribution in [0.5, 0.6) is 11.5 Å². The average Bonchev–Trinajstić information content (AvgIpc) is 3.56. The lowest BCUT2D eigenvalue weighted by Crippen LogP contribution is -2.17. The first-order chi connectivity index (χ1) is 22.4. The maximum atomic E-state index is 11.5. The molecule has 47 heavy (non-hydrogen) atoms. The summed E-state index contributed by atoms with van der Waals surface area (Å²) in [5.74, 6) is 2.69. The molecule has 4 fully saturated rings. The second-order valence-electron chi connectivity index (χ2n) is 12.1. The first-order valence-electron chi connectivity index (χ1n) is 16.4. The van der Waals surface area contributed by atoms with Gasteiger partial charge in [0.2, 0.25) is 0 Å². The number of imide groups is 2. The SMILES string of the molecule is O=C1NC(=O)C(=Cc2ccc(OCCC3CCCCC3)cc2)S1.O=C1NC(=O)C(=Cc2ccc(OCCC3CCCCC3)cc2)S1.P. The van der Waals surface area contributed by atoms with E-state index in [0.29, 0.717) is 9.81 Å². The second kappa shape index (κ2) is 19.1. The normalized spacial score (nSPS) is 20.3. The molecule has 2 aromatic carbocycles. The highest BCUT2D eigenvalue weighted by Gasteiger charge is 2.25. The fourth-order valence-electron chi connectivity index (χ4n) is 6.10. The maximum Gasteiger partial charge on any atom is 0.290 e. The molecule has 1 unspecified atom stereocenters. The monoisotopic (exact) mass is 696 g/mol. The molecule has 2 heterocycles. The van der Waals surface area contributed by atoms with Crippen LogP contribution < -0.4 is 20.1 Å². The van der Waals surface area contributed by atoms with Crippen LogP contribution in [0.15, 0.2) is 58.3 Å². The van der Waals surface area contributed by atoms with Crippen molar-refractivity contribution in [2.45, 2.75) is 77.0 Å². The summed E-state index contributed by atoms with van der Waals surface area (Å²) in [7, 11) is 0. The van der Waals surface area contributed by atoms with Gasteiger partial charge < -0.3 is 9.47 Å². The van der Waals surface area contributed by atoms with Crippen molar-refractivity contribution in [1.82, 2.24) is 10.6 Å². The fraction of sp³-hybridized carbons (Fsp3) is 0.444. The Hall–Kier alpha value is -3.07. The molecule has 2 aromatic rings. The molecule has 6 rings (SSSR count). The Bertz CT molecular complexity index is 1320. The molecule has 11 heteroatoms. The van der Waals surface area contributed by atoms with Crippen molar-refractivity contribution in [3.63, 3.8) is 0 Å². The predicted molar refractivity (Wildman–Crippen MR) is 196 cm³/mol. The van der Waals surface area contributed by atoms with Crippen LogP contribution in [0.1, 0.15) is 88.2 Å². The number of benzene rings is 2. The van der Waals surface area contributed by atoms with Crippen molar-refractivity contribution in [3.05, 3.63) is 69.5 Å². The van der Waals surface area contributed by atoms with E-state index >= 15 is 0 Å². The van der Waals surface area contributed by atoms with E-state index in [2.05, 4.69) is 10.6 Å². The van der Waals surface area contributed by atoms with Crippen LogP contribution in [0, 0.1) is 11.8 Å². The Morgan fingerprint density at radius 1 is 0.574 bits per heavy atom. The summed E-state index contributed by atoms with van der Waals surface area (Å²) in [6.07, 6.45) is 19.3. The number of hydrogen-bond acceptors (Lipinski definition) is 8. The molecule has 0 spiro atoms. The lowest BCUT2D eigenvalue weighted by atomic mass is 9.87. The van der Waals surface area contributed by atoms with Crippen molar-refractivity contribution < 1.29 is 28.7 Å². The van der Waals surface area contributed by atoms with Crippen LogP contribution >= 0.6 is 33.4 Å². The molecule has 0 bridgehead atoms. The van der Waals surface area contributed by atoms with Crippen LogP contribution in [0.25, 0.3) is 12.2 Å². The van der Waals surface area contributed by atoms with Gasteiger partial charge in [0.15, 0.2) is 0 Å². The molecule has 0 radical (unpaired) electrons. The molecule has 2 aliphatic carbocycles. The summed E-state index contributed by atoms with van der Waals surface area (Å²) in [6, 6.07) is 15.2. The predicted octanol–water partition coefficient (Wildman–Crippen LogP) is 8.78. The highest BCUT2D eigenvalue weighted by atomic mass is 32.2. The minimum Gasteiger partial charge on any atom is -0.494 e. The van der Waals surface area contributed by atoms with Crippen molar-refractivity contribution in [1.29, 1.82) is 0 Å². The van der Waals surface area contributed by atoms with Gasteiger partial charge in [-0.25, -0.2) is 0 Å².